The second kappa shape index (κ2) is 4.58. The number of amides is 1. The van der Waals surface area contributed by atoms with Crippen molar-refractivity contribution in [1.82, 2.24) is 4.98 Å². The highest BCUT2D eigenvalue weighted by atomic mass is 32.1. The van der Waals surface area contributed by atoms with Gasteiger partial charge in [0.25, 0.3) is 0 Å². The van der Waals surface area contributed by atoms with Gasteiger partial charge in [-0.2, -0.15) is 0 Å². The monoisotopic (exact) mass is 275 g/mol. The van der Waals surface area contributed by atoms with E-state index in [1.807, 2.05) is 0 Å². The SMILES string of the molecule is Cc1ccc(C)c2sc(N3CC(CN)CC3=O)nc12. The molecule has 1 fully saturated rings. The number of anilines is 1. The van der Waals surface area contributed by atoms with Crippen LogP contribution in [-0.2, 0) is 4.79 Å². The Morgan fingerprint density at radius 1 is 1.42 bits per heavy atom. The summed E-state index contributed by atoms with van der Waals surface area (Å²) < 4.78 is 1.18. The van der Waals surface area contributed by atoms with Gasteiger partial charge in [-0.1, -0.05) is 23.5 Å². The predicted molar refractivity (Wildman–Crippen MR) is 78.6 cm³/mol. The summed E-state index contributed by atoms with van der Waals surface area (Å²) in [5.74, 6) is 0.409. The standard InChI is InChI=1S/C14H17N3OS/c1-8-3-4-9(2)13-12(8)16-14(19-13)17-7-10(6-15)5-11(17)18/h3-4,10H,5-7,15H2,1-2H3. The molecule has 3 rings (SSSR count). The molecule has 4 nitrogen and oxygen atoms in total. The van der Waals surface area contributed by atoms with Crippen LogP contribution >= 0.6 is 11.3 Å². The maximum atomic E-state index is 12.0. The van der Waals surface area contributed by atoms with Gasteiger partial charge in [-0.25, -0.2) is 4.98 Å². The molecule has 5 heteroatoms. The molecule has 2 aromatic rings. The highest BCUT2D eigenvalue weighted by molar-refractivity contribution is 7.22. The average molecular weight is 275 g/mol. The second-order valence-corrected chi connectivity index (χ2v) is 6.16. The number of benzene rings is 1. The number of hydrogen-bond acceptors (Lipinski definition) is 4. The second-order valence-electron chi connectivity index (χ2n) is 5.18. The Labute approximate surface area is 116 Å². The lowest BCUT2D eigenvalue weighted by Gasteiger charge is -2.11. The van der Waals surface area contributed by atoms with Crippen molar-refractivity contribution in [2.75, 3.05) is 18.0 Å². The normalized spacial score (nSPS) is 19.6. The Kier molecular flexibility index (Phi) is 3.03. The Morgan fingerprint density at radius 2 is 2.16 bits per heavy atom. The van der Waals surface area contributed by atoms with E-state index < -0.39 is 0 Å². The van der Waals surface area contributed by atoms with Crippen molar-refractivity contribution in [3.05, 3.63) is 23.3 Å². The zero-order valence-corrected chi connectivity index (χ0v) is 12.0. The molecule has 1 aromatic carbocycles. The number of nitrogens with two attached hydrogens (primary N) is 1. The van der Waals surface area contributed by atoms with Crippen molar-refractivity contribution in [2.24, 2.45) is 11.7 Å². The van der Waals surface area contributed by atoms with E-state index in [2.05, 4.69) is 31.0 Å². The minimum absolute atomic E-state index is 0.143. The fourth-order valence-corrected chi connectivity index (χ4v) is 3.63. The number of aromatic nitrogens is 1. The van der Waals surface area contributed by atoms with E-state index in [-0.39, 0.29) is 11.8 Å². The summed E-state index contributed by atoms with van der Waals surface area (Å²) in [6.07, 6.45) is 0.546. The molecular formula is C14H17N3OS. The van der Waals surface area contributed by atoms with Gasteiger partial charge in [0.15, 0.2) is 5.13 Å². The molecule has 100 valence electrons. The van der Waals surface area contributed by atoms with Crippen LogP contribution in [0.3, 0.4) is 0 Å². The summed E-state index contributed by atoms with van der Waals surface area (Å²) in [6.45, 7) is 5.40. The fraction of sp³-hybridized carbons (Fsp3) is 0.429. The largest absolute Gasteiger partial charge is 0.330 e. The Bertz CT molecular complexity index is 610. The number of carbonyl (C=O) groups is 1. The van der Waals surface area contributed by atoms with Crippen LogP contribution in [-0.4, -0.2) is 24.0 Å². The number of thiazole rings is 1. The summed E-state index contributed by atoms with van der Waals surface area (Å²) in [7, 11) is 0. The summed E-state index contributed by atoms with van der Waals surface area (Å²) in [4.78, 5) is 18.5. The van der Waals surface area contributed by atoms with Gasteiger partial charge in [0, 0.05) is 13.0 Å². The molecular weight excluding hydrogens is 258 g/mol. The molecule has 1 amide bonds. The first-order chi connectivity index (χ1) is 9.10. The van der Waals surface area contributed by atoms with E-state index in [1.54, 1.807) is 16.2 Å². The van der Waals surface area contributed by atoms with E-state index in [4.69, 9.17) is 5.73 Å². The third-order valence-electron chi connectivity index (χ3n) is 3.70. The van der Waals surface area contributed by atoms with Gasteiger partial charge in [0.05, 0.1) is 10.2 Å². The third-order valence-corrected chi connectivity index (χ3v) is 4.91. The lowest BCUT2D eigenvalue weighted by atomic mass is 10.1. The summed E-state index contributed by atoms with van der Waals surface area (Å²) in [5, 5.41) is 0.813. The number of hydrogen-bond donors (Lipinski definition) is 1. The molecule has 1 unspecified atom stereocenters. The average Bonchev–Trinajstić information content (AvgIpc) is 2.98. The minimum Gasteiger partial charge on any atom is -0.330 e. The van der Waals surface area contributed by atoms with Gasteiger partial charge >= 0.3 is 0 Å². The van der Waals surface area contributed by atoms with E-state index >= 15 is 0 Å². The number of aryl methyl sites for hydroxylation is 2. The van der Waals surface area contributed by atoms with Crippen LogP contribution in [0.4, 0.5) is 5.13 Å². The van der Waals surface area contributed by atoms with Crippen molar-refractivity contribution in [3.63, 3.8) is 0 Å². The maximum Gasteiger partial charge on any atom is 0.229 e. The number of nitrogens with zero attached hydrogens (tertiary/aromatic N) is 2. The quantitative estimate of drug-likeness (QED) is 0.914. The molecule has 1 aliphatic heterocycles. The molecule has 0 radical (unpaired) electrons. The maximum absolute atomic E-state index is 12.0. The minimum atomic E-state index is 0.143. The first kappa shape index (κ1) is 12.6. The lowest BCUT2D eigenvalue weighted by Crippen LogP contribution is -2.25. The van der Waals surface area contributed by atoms with Gasteiger partial charge in [-0.15, -0.1) is 0 Å². The van der Waals surface area contributed by atoms with E-state index in [1.165, 1.54) is 10.3 Å². The molecule has 0 bridgehead atoms. The number of carbonyl (C=O) groups excluding carboxylic acids is 1. The van der Waals surface area contributed by atoms with E-state index in [0.29, 0.717) is 19.5 Å². The molecule has 0 aliphatic carbocycles. The Morgan fingerprint density at radius 3 is 2.79 bits per heavy atom. The fourth-order valence-electron chi connectivity index (χ4n) is 2.49. The smallest absolute Gasteiger partial charge is 0.229 e. The number of fused-ring (bicyclic) bond motifs is 1. The highest BCUT2D eigenvalue weighted by Crippen LogP contribution is 2.35. The van der Waals surface area contributed by atoms with Gasteiger partial charge in [0.2, 0.25) is 5.91 Å². The van der Waals surface area contributed by atoms with E-state index in [0.717, 1.165) is 16.2 Å². The molecule has 1 aromatic heterocycles. The van der Waals surface area contributed by atoms with Crippen LogP contribution in [0.5, 0.6) is 0 Å². The van der Waals surface area contributed by atoms with Crippen LogP contribution in [0.15, 0.2) is 12.1 Å². The zero-order chi connectivity index (χ0) is 13.6. The molecule has 2 heterocycles. The zero-order valence-electron chi connectivity index (χ0n) is 11.1. The first-order valence-corrected chi connectivity index (χ1v) is 7.29. The first-order valence-electron chi connectivity index (χ1n) is 6.47. The molecule has 0 spiro atoms. The van der Waals surface area contributed by atoms with Crippen molar-refractivity contribution < 1.29 is 4.79 Å². The summed E-state index contributed by atoms with van der Waals surface area (Å²) in [5.41, 5.74) is 9.05. The van der Waals surface area contributed by atoms with Crippen LogP contribution < -0.4 is 10.6 Å². The number of rotatable bonds is 2. The molecule has 1 saturated heterocycles. The molecule has 0 saturated carbocycles. The third kappa shape index (κ3) is 2.03. The topological polar surface area (TPSA) is 59.2 Å². The van der Waals surface area contributed by atoms with Crippen molar-refractivity contribution in [2.45, 2.75) is 20.3 Å². The van der Waals surface area contributed by atoms with Gasteiger partial charge in [0.1, 0.15) is 0 Å². The van der Waals surface area contributed by atoms with Crippen LogP contribution in [0, 0.1) is 19.8 Å². The van der Waals surface area contributed by atoms with Crippen molar-refractivity contribution >= 4 is 32.6 Å². The van der Waals surface area contributed by atoms with Crippen molar-refractivity contribution in [1.29, 1.82) is 0 Å². The molecule has 1 aliphatic rings. The summed E-state index contributed by atoms with van der Waals surface area (Å²) >= 11 is 1.60. The van der Waals surface area contributed by atoms with E-state index in [9.17, 15) is 4.79 Å². The summed E-state index contributed by atoms with van der Waals surface area (Å²) in [6, 6.07) is 4.18. The Hall–Kier alpha value is -1.46. The molecule has 1 atom stereocenters. The lowest BCUT2D eigenvalue weighted by molar-refractivity contribution is -0.117. The van der Waals surface area contributed by atoms with Gasteiger partial charge in [-0.05, 0) is 37.4 Å². The van der Waals surface area contributed by atoms with Crippen LogP contribution in [0.25, 0.3) is 10.2 Å². The van der Waals surface area contributed by atoms with Gasteiger partial charge in [-0.3, -0.25) is 9.69 Å². The molecule has 19 heavy (non-hydrogen) atoms. The van der Waals surface area contributed by atoms with Crippen LogP contribution in [0.1, 0.15) is 17.5 Å². The predicted octanol–water partition coefficient (Wildman–Crippen LogP) is 2.22. The van der Waals surface area contributed by atoms with Gasteiger partial charge < -0.3 is 5.73 Å². The van der Waals surface area contributed by atoms with Crippen molar-refractivity contribution in [3.8, 4) is 0 Å². The Balaban J connectivity index is 2.05. The molecule has 2 N–H and O–H groups in total. The van der Waals surface area contributed by atoms with Crippen LogP contribution in [0.2, 0.25) is 0 Å². The highest BCUT2D eigenvalue weighted by Gasteiger charge is 2.31.